The molecule has 0 aromatic heterocycles. The zero-order valence-electron chi connectivity index (χ0n) is 10.7. The first-order valence-electron chi connectivity index (χ1n) is 5.67. The van der Waals surface area contributed by atoms with Crippen molar-refractivity contribution in [2.24, 2.45) is 0 Å². The molecule has 1 heterocycles. The summed E-state index contributed by atoms with van der Waals surface area (Å²) < 4.78 is 5.22. The first-order chi connectivity index (χ1) is 8.31. The second-order valence-electron chi connectivity index (χ2n) is 5.12. The number of carbonyl (C=O) groups is 2. The highest BCUT2D eigenvalue weighted by Crippen LogP contribution is 2.36. The fraction of sp³-hybridized carbons (Fsp3) is 0.286. The summed E-state index contributed by atoms with van der Waals surface area (Å²) >= 11 is 0. The molecule has 0 aliphatic carbocycles. The van der Waals surface area contributed by atoms with Gasteiger partial charge < -0.3 is 4.74 Å². The van der Waals surface area contributed by atoms with Gasteiger partial charge in [0.25, 0.3) is 5.91 Å². The van der Waals surface area contributed by atoms with Crippen molar-refractivity contribution in [3.8, 4) is 0 Å². The van der Waals surface area contributed by atoms with Gasteiger partial charge in [0.15, 0.2) is 0 Å². The van der Waals surface area contributed by atoms with Gasteiger partial charge in [-0.05, 0) is 26.8 Å². The third-order valence-electron chi connectivity index (χ3n) is 2.51. The van der Waals surface area contributed by atoms with Gasteiger partial charge in [0.1, 0.15) is 5.60 Å². The average Bonchev–Trinajstić information content (AvgIpc) is 2.50. The monoisotopic (exact) mass is 245 g/mol. The summed E-state index contributed by atoms with van der Waals surface area (Å²) in [5, 5.41) is 0. The highest BCUT2D eigenvalue weighted by molar-refractivity contribution is 6.38. The second-order valence-corrected chi connectivity index (χ2v) is 5.12. The lowest BCUT2D eigenvalue weighted by atomic mass is 10.1. The van der Waals surface area contributed by atoms with Crippen molar-refractivity contribution in [1.29, 1.82) is 0 Å². The topological polar surface area (TPSA) is 46.6 Å². The van der Waals surface area contributed by atoms with E-state index >= 15 is 0 Å². The van der Waals surface area contributed by atoms with Gasteiger partial charge >= 0.3 is 6.09 Å². The Morgan fingerprint density at radius 2 is 1.89 bits per heavy atom. The summed E-state index contributed by atoms with van der Waals surface area (Å²) in [4.78, 5) is 25.1. The molecule has 1 aliphatic rings. The SMILES string of the molecule is C=C1C(=O)N(C(=O)OC(C)(C)C)c2ccccc21. The maximum atomic E-state index is 12.0. The van der Waals surface area contributed by atoms with Gasteiger partial charge in [-0.1, -0.05) is 24.8 Å². The number of anilines is 1. The molecule has 2 amide bonds. The van der Waals surface area contributed by atoms with Crippen LogP contribution in [0.15, 0.2) is 30.8 Å². The zero-order valence-corrected chi connectivity index (χ0v) is 10.7. The van der Waals surface area contributed by atoms with Crippen LogP contribution < -0.4 is 4.90 Å². The van der Waals surface area contributed by atoms with E-state index in [9.17, 15) is 9.59 Å². The van der Waals surface area contributed by atoms with Crippen molar-refractivity contribution < 1.29 is 14.3 Å². The van der Waals surface area contributed by atoms with E-state index in [1.165, 1.54) is 0 Å². The highest BCUT2D eigenvalue weighted by atomic mass is 16.6. The number of nitrogens with zero attached hydrogens (tertiary/aromatic N) is 1. The summed E-state index contributed by atoms with van der Waals surface area (Å²) in [6.07, 6.45) is -0.668. The lowest BCUT2D eigenvalue weighted by molar-refractivity contribution is -0.112. The van der Waals surface area contributed by atoms with Crippen LogP contribution in [0.3, 0.4) is 0 Å². The van der Waals surface area contributed by atoms with Crippen LogP contribution in [0, 0.1) is 0 Å². The molecule has 18 heavy (non-hydrogen) atoms. The van der Waals surface area contributed by atoms with Crippen LogP contribution in [0.1, 0.15) is 26.3 Å². The molecule has 0 atom stereocenters. The molecule has 0 radical (unpaired) electrons. The zero-order chi connectivity index (χ0) is 13.5. The molecule has 0 saturated carbocycles. The van der Waals surface area contributed by atoms with Crippen molar-refractivity contribution in [1.82, 2.24) is 0 Å². The van der Waals surface area contributed by atoms with E-state index in [4.69, 9.17) is 4.74 Å². The summed E-state index contributed by atoms with van der Waals surface area (Å²) in [7, 11) is 0. The van der Waals surface area contributed by atoms with E-state index in [1.54, 1.807) is 45.0 Å². The van der Waals surface area contributed by atoms with E-state index in [1.807, 2.05) is 0 Å². The predicted molar refractivity (Wildman–Crippen MR) is 69.2 cm³/mol. The van der Waals surface area contributed by atoms with Gasteiger partial charge in [-0.25, -0.2) is 9.69 Å². The lowest BCUT2D eigenvalue weighted by Gasteiger charge is -2.23. The van der Waals surface area contributed by atoms with Gasteiger partial charge in [0, 0.05) is 11.1 Å². The number of amides is 2. The Hall–Kier alpha value is -2.10. The third-order valence-corrected chi connectivity index (χ3v) is 2.51. The molecule has 0 N–H and O–H groups in total. The van der Waals surface area contributed by atoms with Gasteiger partial charge in [-0.2, -0.15) is 0 Å². The molecule has 1 aromatic rings. The number of hydrogen-bond donors (Lipinski definition) is 0. The molecule has 0 spiro atoms. The van der Waals surface area contributed by atoms with Crippen LogP contribution in [-0.4, -0.2) is 17.6 Å². The number of hydrogen-bond acceptors (Lipinski definition) is 3. The molecule has 2 rings (SSSR count). The maximum absolute atomic E-state index is 12.0. The number of carbonyl (C=O) groups excluding carboxylic acids is 2. The van der Waals surface area contributed by atoms with Gasteiger partial charge in [0.05, 0.1) is 5.69 Å². The Bertz CT molecular complexity index is 540. The summed E-state index contributed by atoms with van der Waals surface area (Å²) in [5.41, 5.74) is 0.877. The molecule has 1 aliphatic heterocycles. The minimum atomic E-state index is -0.668. The van der Waals surface area contributed by atoms with E-state index in [-0.39, 0.29) is 0 Å². The van der Waals surface area contributed by atoms with Crippen molar-refractivity contribution in [2.75, 3.05) is 4.90 Å². The van der Waals surface area contributed by atoms with E-state index in [2.05, 4.69) is 6.58 Å². The summed E-state index contributed by atoms with van der Waals surface area (Å²) in [6.45, 7) is 8.98. The van der Waals surface area contributed by atoms with Crippen LogP contribution in [0.2, 0.25) is 0 Å². The number of benzene rings is 1. The minimum absolute atomic E-state index is 0.316. The quantitative estimate of drug-likeness (QED) is 0.660. The van der Waals surface area contributed by atoms with Crippen LogP contribution in [0.5, 0.6) is 0 Å². The van der Waals surface area contributed by atoms with E-state index in [0.29, 0.717) is 16.8 Å². The Morgan fingerprint density at radius 3 is 2.50 bits per heavy atom. The molecule has 94 valence electrons. The molecule has 0 unspecified atom stereocenters. The first-order valence-corrected chi connectivity index (χ1v) is 5.67. The number of para-hydroxylation sites is 1. The Morgan fingerprint density at radius 1 is 1.28 bits per heavy atom. The van der Waals surface area contributed by atoms with Crippen LogP contribution in [0.4, 0.5) is 10.5 Å². The second kappa shape index (κ2) is 3.98. The summed E-state index contributed by atoms with van der Waals surface area (Å²) in [6, 6.07) is 7.03. The third kappa shape index (κ3) is 2.01. The minimum Gasteiger partial charge on any atom is -0.443 e. The Balaban J connectivity index is 2.38. The van der Waals surface area contributed by atoms with Crippen molar-refractivity contribution in [3.05, 3.63) is 36.4 Å². The molecule has 0 bridgehead atoms. The van der Waals surface area contributed by atoms with Crippen LogP contribution in [0.25, 0.3) is 5.57 Å². The van der Waals surface area contributed by atoms with E-state index < -0.39 is 17.6 Å². The Kier molecular flexibility index (Phi) is 2.73. The molecular weight excluding hydrogens is 230 g/mol. The number of ether oxygens (including phenoxy) is 1. The average molecular weight is 245 g/mol. The predicted octanol–water partition coefficient (Wildman–Crippen LogP) is 2.98. The smallest absolute Gasteiger partial charge is 0.422 e. The van der Waals surface area contributed by atoms with Gasteiger partial charge in [0.2, 0.25) is 0 Å². The van der Waals surface area contributed by atoms with Crippen molar-refractivity contribution >= 4 is 23.3 Å². The van der Waals surface area contributed by atoms with Crippen molar-refractivity contribution in [2.45, 2.75) is 26.4 Å². The lowest BCUT2D eigenvalue weighted by Crippen LogP contribution is -2.38. The van der Waals surface area contributed by atoms with Gasteiger partial charge in [-0.15, -0.1) is 0 Å². The molecule has 4 nitrogen and oxygen atoms in total. The van der Waals surface area contributed by atoms with Crippen LogP contribution in [-0.2, 0) is 9.53 Å². The molecule has 1 aromatic carbocycles. The normalized spacial score (nSPS) is 14.7. The standard InChI is InChI=1S/C14H15NO3/c1-9-10-7-5-6-8-11(10)15(12(9)16)13(17)18-14(2,3)4/h5-8H,1H2,2-4H3. The number of imide groups is 1. The van der Waals surface area contributed by atoms with Crippen LogP contribution >= 0.6 is 0 Å². The number of fused-ring (bicyclic) bond motifs is 1. The molecular formula is C14H15NO3. The Labute approximate surface area is 106 Å². The maximum Gasteiger partial charge on any atom is 0.422 e. The van der Waals surface area contributed by atoms with Gasteiger partial charge in [-0.3, -0.25) is 4.79 Å². The fourth-order valence-electron chi connectivity index (χ4n) is 1.77. The number of rotatable bonds is 0. The summed E-state index contributed by atoms with van der Waals surface area (Å²) in [5.74, 6) is -0.426. The fourth-order valence-corrected chi connectivity index (χ4v) is 1.77. The van der Waals surface area contributed by atoms with E-state index in [0.717, 1.165) is 4.90 Å². The largest absolute Gasteiger partial charge is 0.443 e. The first kappa shape index (κ1) is 12.4. The highest BCUT2D eigenvalue weighted by Gasteiger charge is 2.37. The van der Waals surface area contributed by atoms with Crippen molar-refractivity contribution in [3.63, 3.8) is 0 Å². The molecule has 4 heteroatoms. The molecule has 0 fully saturated rings. The molecule has 0 saturated heterocycles.